The van der Waals surface area contributed by atoms with E-state index < -0.39 is 5.97 Å². The van der Waals surface area contributed by atoms with Gasteiger partial charge in [-0.25, -0.2) is 9.18 Å². The van der Waals surface area contributed by atoms with Crippen LogP contribution in [0.15, 0.2) is 45.3 Å². The van der Waals surface area contributed by atoms with E-state index in [-0.39, 0.29) is 11.4 Å². The number of aromatic carboxylic acids is 1. The lowest BCUT2D eigenvalue weighted by atomic mass is 10.2. The molecule has 0 radical (unpaired) electrons. The highest BCUT2D eigenvalue weighted by Gasteiger charge is 2.10. The topological polar surface area (TPSA) is 46.5 Å². The first-order chi connectivity index (χ1) is 8.97. The van der Waals surface area contributed by atoms with Crippen LogP contribution in [0.2, 0.25) is 0 Å². The zero-order chi connectivity index (χ0) is 14.0. The monoisotopic (exact) mass is 388 g/mol. The van der Waals surface area contributed by atoms with Crippen molar-refractivity contribution < 1.29 is 19.0 Å². The number of benzene rings is 2. The summed E-state index contributed by atoms with van der Waals surface area (Å²) < 4.78 is 19.4. The van der Waals surface area contributed by atoms with Gasteiger partial charge in [-0.05, 0) is 68.3 Å². The normalized spacial score (nSPS) is 10.3. The molecule has 19 heavy (non-hydrogen) atoms. The summed E-state index contributed by atoms with van der Waals surface area (Å²) in [5.41, 5.74) is 0.144. The van der Waals surface area contributed by atoms with Crippen LogP contribution in [0.3, 0.4) is 0 Å². The molecule has 0 amide bonds. The fourth-order valence-corrected chi connectivity index (χ4v) is 2.38. The van der Waals surface area contributed by atoms with E-state index in [0.717, 1.165) is 0 Å². The summed E-state index contributed by atoms with van der Waals surface area (Å²) in [6.45, 7) is 0. The van der Waals surface area contributed by atoms with Crippen LogP contribution in [0.5, 0.6) is 11.5 Å². The number of carbonyl (C=O) groups is 1. The van der Waals surface area contributed by atoms with Crippen molar-refractivity contribution in [1.29, 1.82) is 0 Å². The van der Waals surface area contributed by atoms with Crippen molar-refractivity contribution >= 4 is 37.8 Å². The van der Waals surface area contributed by atoms with Crippen molar-refractivity contribution in [1.82, 2.24) is 0 Å². The van der Waals surface area contributed by atoms with Crippen LogP contribution < -0.4 is 4.74 Å². The summed E-state index contributed by atoms with van der Waals surface area (Å²) in [6, 6.07) is 8.55. The maximum atomic E-state index is 12.9. The fraction of sp³-hybridized carbons (Fsp3) is 0. The standard InChI is InChI=1S/C13H7Br2FO3/c14-10-6-8(2-3-9(10)13(17)18)19-12-4-1-7(16)5-11(12)15/h1-6H,(H,17,18). The van der Waals surface area contributed by atoms with Crippen LogP contribution in [0.25, 0.3) is 0 Å². The van der Waals surface area contributed by atoms with E-state index in [1.807, 2.05) is 0 Å². The van der Waals surface area contributed by atoms with Crippen LogP contribution in [0.4, 0.5) is 4.39 Å². The fourth-order valence-electron chi connectivity index (χ4n) is 1.42. The van der Waals surface area contributed by atoms with Crippen molar-refractivity contribution in [3.05, 3.63) is 56.7 Å². The van der Waals surface area contributed by atoms with Gasteiger partial charge in [-0.1, -0.05) is 0 Å². The zero-order valence-corrected chi connectivity index (χ0v) is 12.5. The van der Waals surface area contributed by atoms with Gasteiger partial charge in [-0.15, -0.1) is 0 Å². The van der Waals surface area contributed by atoms with Gasteiger partial charge >= 0.3 is 5.97 Å². The highest BCUT2D eigenvalue weighted by atomic mass is 79.9. The average Bonchev–Trinajstić information content (AvgIpc) is 2.32. The first-order valence-corrected chi connectivity index (χ1v) is 6.71. The van der Waals surface area contributed by atoms with Crippen LogP contribution >= 0.6 is 31.9 Å². The Kier molecular flexibility index (Phi) is 4.21. The third-order valence-corrected chi connectivity index (χ3v) is 3.57. The van der Waals surface area contributed by atoms with Crippen LogP contribution in [-0.2, 0) is 0 Å². The van der Waals surface area contributed by atoms with Crippen LogP contribution in [0, 0.1) is 5.82 Å². The first kappa shape index (κ1) is 14.0. The van der Waals surface area contributed by atoms with E-state index in [1.54, 1.807) is 6.07 Å². The van der Waals surface area contributed by atoms with Gasteiger partial charge < -0.3 is 9.84 Å². The highest BCUT2D eigenvalue weighted by Crippen LogP contribution is 2.32. The van der Waals surface area contributed by atoms with E-state index >= 15 is 0 Å². The van der Waals surface area contributed by atoms with Gasteiger partial charge in [0.25, 0.3) is 0 Å². The molecule has 0 aliphatic heterocycles. The molecule has 0 bridgehead atoms. The Hall–Kier alpha value is -1.40. The highest BCUT2D eigenvalue weighted by molar-refractivity contribution is 9.10. The molecule has 0 atom stereocenters. The predicted octanol–water partition coefficient (Wildman–Crippen LogP) is 4.84. The lowest BCUT2D eigenvalue weighted by Crippen LogP contribution is -1.97. The Morgan fingerprint density at radius 2 is 1.84 bits per heavy atom. The maximum Gasteiger partial charge on any atom is 0.336 e. The lowest BCUT2D eigenvalue weighted by molar-refractivity contribution is 0.0696. The number of hydrogen-bond donors (Lipinski definition) is 1. The molecule has 2 rings (SSSR count). The maximum absolute atomic E-state index is 12.9. The summed E-state index contributed by atoms with van der Waals surface area (Å²) in [4.78, 5) is 10.9. The second-order valence-electron chi connectivity index (χ2n) is 3.62. The molecule has 0 heterocycles. The Morgan fingerprint density at radius 1 is 1.11 bits per heavy atom. The molecule has 0 spiro atoms. The molecule has 0 fully saturated rings. The summed E-state index contributed by atoms with van der Waals surface area (Å²) in [5.74, 6) is -0.511. The Morgan fingerprint density at radius 3 is 2.42 bits per heavy atom. The number of carboxylic acids is 1. The van der Waals surface area contributed by atoms with Gasteiger partial charge in [-0.2, -0.15) is 0 Å². The molecule has 1 N–H and O–H groups in total. The minimum atomic E-state index is -1.03. The molecule has 0 saturated heterocycles. The predicted molar refractivity (Wildman–Crippen MR) is 75.3 cm³/mol. The smallest absolute Gasteiger partial charge is 0.336 e. The van der Waals surface area contributed by atoms with Crippen LogP contribution in [-0.4, -0.2) is 11.1 Å². The van der Waals surface area contributed by atoms with E-state index in [4.69, 9.17) is 9.84 Å². The summed E-state index contributed by atoms with van der Waals surface area (Å²) in [5, 5.41) is 8.90. The Labute approximate surface area is 125 Å². The minimum absolute atomic E-state index is 0.144. The number of halogens is 3. The van der Waals surface area contributed by atoms with Gasteiger partial charge in [0, 0.05) is 4.47 Å². The number of carboxylic acid groups (broad SMARTS) is 1. The molecule has 2 aromatic carbocycles. The molecule has 6 heteroatoms. The third kappa shape index (κ3) is 3.33. The summed E-state index contributed by atoms with van der Waals surface area (Å²) >= 11 is 6.35. The van der Waals surface area contributed by atoms with Gasteiger partial charge in [0.05, 0.1) is 10.0 Å². The average molecular weight is 390 g/mol. The van der Waals surface area contributed by atoms with Crippen molar-refractivity contribution in [2.24, 2.45) is 0 Å². The van der Waals surface area contributed by atoms with Crippen LogP contribution in [0.1, 0.15) is 10.4 Å². The molecule has 0 aromatic heterocycles. The molecule has 0 unspecified atom stereocenters. The van der Waals surface area contributed by atoms with Crippen molar-refractivity contribution in [2.45, 2.75) is 0 Å². The second kappa shape index (κ2) is 5.71. The van der Waals surface area contributed by atoms with E-state index in [9.17, 15) is 9.18 Å². The van der Waals surface area contributed by atoms with E-state index in [0.29, 0.717) is 20.4 Å². The molecular formula is C13H7Br2FO3. The van der Waals surface area contributed by atoms with E-state index in [1.165, 1.54) is 30.3 Å². The quantitative estimate of drug-likeness (QED) is 0.816. The third-order valence-electron chi connectivity index (χ3n) is 2.29. The van der Waals surface area contributed by atoms with Gasteiger partial charge in [0.1, 0.15) is 17.3 Å². The Balaban J connectivity index is 2.29. The number of hydrogen-bond acceptors (Lipinski definition) is 2. The largest absolute Gasteiger partial charge is 0.478 e. The van der Waals surface area contributed by atoms with Gasteiger partial charge in [0.2, 0.25) is 0 Å². The van der Waals surface area contributed by atoms with Crippen molar-refractivity contribution in [3.8, 4) is 11.5 Å². The second-order valence-corrected chi connectivity index (χ2v) is 5.33. The van der Waals surface area contributed by atoms with Crippen molar-refractivity contribution in [3.63, 3.8) is 0 Å². The first-order valence-electron chi connectivity index (χ1n) is 5.13. The van der Waals surface area contributed by atoms with E-state index in [2.05, 4.69) is 31.9 Å². The van der Waals surface area contributed by atoms with Gasteiger partial charge in [0.15, 0.2) is 0 Å². The van der Waals surface area contributed by atoms with Crippen molar-refractivity contribution in [2.75, 3.05) is 0 Å². The minimum Gasteiger partial charge on any atom is -0.478 e. The zero-order valence-electron chi connectivity index (χ0n) is 9.36. The number of ether oxygens (including phenoxy) is 1. The molecule has 98 valence electrons. The molecule has 0 aliphatic carbocycles. The number of rotatable bonds is 3. The molecule has 3 nitrogen and oxygen atoms in total. The molecular weight excluding hydrogens is 383 g/mol. The molecule has 0 aliphatic rings. The lowest BCUT2D eigenvalue weighted by Gasteiger charge is -2.09. The SMILES string of the molecule is O=C(O)c1ccc(Oc2ccc(F)cc2Br)cc1Br. The van der Waals surface area contributed by atoms with Gasteiger partial charge in [-0.3, -0.25) is 0 Å². The summed E-state index contributed by atoms with van der Waals surface area (Å²) in [6.07, 6.45) is 0. The molecule has 0 saturated carbocycles. The molecule has 2 aromatic rings. The Bertz CT molecular complexity index is 644. The summed E-state index contributed by atoms with van der Waals surface area (Å²) in [7, 11) is 0.